The van der Waals surface area contributed by atoms with E-state index in [2.05, 4.69) is 19.1 Å². The molecule has 1 aromatic carbocycles. The van der Waals surface area contributed by atoms with Gasteiger partial charge >= 0.3 is 0 Å². The fourth-order valence-corrected chi connectivity index (χ4v) is 5.41. The SMILES string of the molecule is CCc1ccc([C@@H]2[C@@H](S(=O)(=O)CC)C2(CN)CN)cc1. The number of aryl methyl sites for hydroxylation is 1. The minimum absolute atomic E-state index is 0.0617. The van der Waals surface area contributed by atoms with Crippen molar-refractivity contribution in [3.8, 4) is 0 Å². The highest BCUT2D eigenvalue weighted by atomic mass is 32.2. The van der Waals surface area contributed by atoms with Crippen LogP contribution >= 0.6 is 0 Å². The summed E-state index contributed by atoms with van der Waals surface area (Å²) in [5.74, 6) is 0.0801. The maximum Gasteiger partial charge on any atom is 0.154 e. The lowest BCUT2D eigenvalue weighted by atomic mass is 9.98. The van der Waals surface area contributed by atoms with Crippen LogP contribution in [0, 0.1) is 5.41 Å². The zero-order chi connectivity index (χ0) is 15.0. The Bertz CT molecular complexity index is 562. The van der Waals surface area contributed by atoms with E-state index in [0.29, 0.717) is 13.1 Å². The molecule has 1 aromatic rings. The van der Waals surface area contributed by atoms with E-state index >= 15 is 0 Å². The zero-order valence-electron chi connectivity index (χ0n) is 12.2. The van der Waals surface area contributed by atoms with Gasteiger partial charge in [-0.3, -0.25) is 0 Å². The molecule has 112 valence electrons. The molecule has 0 amide bonds. The number of hydrogen-bond donors (Lipinski definition) is 2. The first-order chi connectivity index (χ1) is 9.46. The smallest absolute Gasteiger partial charge is 0.154 e. The fourth-order valence-electron chi connectivity index (χ4n) is 3.23. The summed E-state index contributed by atoms with van der Waals surface area (Å²) in [7, 11) is -3.13. The molecule has 4 nitrogen and oxygen atoms in total. The molecule has 20 heavy (non-hydrogen) atoms. The van der Waals surface area contributed by atoms with Crippen molar-refractivity contribution in [3.05, 3.63) is 35.4 Å². The van der Waals surface area contributed by atoms with Crippen LogP contribution in [-0.2, 0) is 16.3 Å². The first-order valence-corrected chi connectivity index (χ1v) is 8.89. The van der Waals surface area contributed by atoms with Crippen molar-refractivity contribution >= 4 is 9.84 Å². The van der Waals surface area contributed by atoms with E-state index in [-0.39, 0.29) is 11.7 Å². The summed E-state index contributed by atoms with van der Waals surface area (Å²) in [6, 6.07) is 8.16. The summed E-state index contributed by atoms with van der Waals surface area (Å²) in [5.41, 5.74) is 13.5. The van der Waals surface area contributed by atoms with Gasteiger partial charge in [-0.15, -0.1) is 0 Å². The van der Waals surface area contributed by atoms with Gasteiger partial charge in [0.15, 0.2) is 9.84 Å². The van der Waals surface area contributed by atoms with E-state index < -0.39 is 20.5 Å². The second-order valence-electron chi connectivity index (χ2n) is 5.59. The van der Waals surface area contributed by atoms with Gasteiger partial charge in [0.2, 0.25) is 0 Å². The molecule has 2 atom stereocenters. The third-order valence-electron chi connectivity index (χ3n) is 4.68. The standard InChI is InChI=1S/C15H24N2O2S/c1-3-11-5-7-12(8-6-11)13-14(20(18,19)4-2)15(13,9-16)10-17/h5-8,13-14H,3-4,9-10,16-17H2,1-2H3/t13-,14-/m1/s1. The summed E-state index contributed by atoms with van der Waals surface area (Å²) < 4.78 is 24.6. The normalized spacial score (nSPS) is 24.6. The van der Waals surface area contributed by atoms with Crippen LogP contribution in [0.3, 0.4) is 0 Å². The maximum absolute atomic E-state index is 12.3. The Kier molecular flexibility index (Phi) is 4.23. The van der Waals surface area contributed by atoms with Crippen LogP contribution in [0.15, 0.2) is 24.3 Å². The van der Waals surface area contributed by atoms with Crippen molar-refractivity contribution in [1.82, 2.24) is 0 Å². The molecule has 0 saturated heterocycles. The highest BCUT2D eigenvalue weighted by molar-refractivity contribution is 7.92. The molecular formula is C15H24N2O2S. The van der Waals surface area contributed by atoms with Crippen molar-refractivity contribution in [2.24, 2.45) is 16.9 Å². The van der Waals surface area contributed by atoms with Crippen LogP contribution < -0.4 is 11.5 Å². The Balaban J connectivity index is 2.38. The number of nitrogens with two attached hydrogens (primary N) is 2. The Morgan fingerprint density at radius 3 is 2.05 bits per heavy atom. The molecule has 4 N–H and O–H groups in total. The number of hydrogen-bond acceptors (Lipinski definition) is 4. The van der Waals surface area contributed by atoms with Gasteiger partial charge in [0.25, 0.3) is 0 Å². The molecule has 1 saturated carbocycles. The quantitative estimate of drug-likeness (QED) is 0.821. The predicted molar refractivity (Wildman–Crippen MR) is 82.4 cm³/mol. The van der Waals surface area contributed by atoms with E-state index in [4.69, 9.17) is 11.5 Å². The molecule has 1 aliphatic carbocycles. The molecular weight excluding hydrogens is 272 g/mol. The number of benzene rings is 1. The second kappa shape index (κ2) is 5.47. The van der Waals surface area contributed by atoms with Gasteiger partial charge in [0, 0.05) is 30.2 Å². The summed E-state index contributed by atoms with van der Waals surface area (Å²) in [4.78, 5) is 0. The molecule has 1 fully saturated rings. The van der Waals surface area contributed by atoms with Crippen LogP contribution in [0.2, 0.25) is 0 Å². The zero-order valence-corrected chi connectivity index (χ0v) is 13.0. The van der Waals surface area contributed by atoms with Crippen LogP contribution in [0.1, 0.15) is 30.9 Å². The van der Waals surface area contributed by atoms with Crippen molar-refractivity contribution in [2.45, 2.75) is 31.4 Å². The largest absolute Gasteiger partial charge is 0.330 e. The van der Waals surface area contributed by atoms with Gasteiger partial charge in [-0.25, -0.2) is 8.42 Å². The molecule has 0 radical (unpaired) electrons. The Morgan fingerprint density at radius 2 is 1.65 bits per heavy atom. The lowest BCUT2D eigenvalue weighted by molar-refractivity contribution is 0.510. The summed E-state index contributed by atoms with van der Waals surface area (Å²) in [5, 5.41) is -0.428. The molecule has 2 rings (SSSR count). The molecule has 0 bridgehead atoms. The van der Waals surface area contributed by atoms with Gasteiger partial charge < -0.3 is 11.5 Å². The summed E-state index contributed by atoms with van der Waals surface area (Å²) >= 11 is 0. The second-order valence-corrected chi connectivity index (χ2v) is 8.00. The van der Waals surface area contributed by atoms with Gasteiger partial charge in [0.05, 0.1) is 5.25 Å². The third-order valence-corrected chi connectivity index (χ3v) is 7.00. The molecule has 5 heteroatoms. The Morgan fingerprint density at radius 1 is 1.10 bits per heavy atom. The van der Waals surface area contributed by atoms with Gasteiger partial charge in [-0.1, -0.05) is 38.1 Å². The minimum Gasteiger partial charge on any atom is -0.330 e. The van der Waals surface area contributed by atoms with Crippen LogP contribution in [0.25, 0.3) is 0 Å². The van der Waals surface area contributed by atoms with E-state index in [0.717, 1.165) is 12.0 Å². The van der Waals surface area contributed by atoms with Gasteiger partial charge in [0.1, 0.15) is 0 Å². The van der Waals surface area contributed by atoms with E-state index in [1.807, 2.05) is 12.1 Å². The van der Waals surface area contributed by atoms with Crippen LogP contribution in [0.4, 0.5) is 0 Å². The molecule has 0 aromatic heterocycles. The molecule has 1 aliphatic rings. The molecule has 0 heterocycles. The molecule has 0 unspecified atom stereocenters. The first kappa shape index (κ1) is 15.5. The number of sulfone groups is 1. The Labute approximate surface area is 121 Å². The van der Waals surface area contributed by atoms with E-state index in [1.165, 1.54) is 5.56 Å². The highest BCUT2D eigenvalue weighted by Crippen LogP contribution is 2.61. The average Bonchev–Trinajstić information content (AvgIpc) is 3.18. The van der Waals surface area contributed by atoms with Crippen molar-refractivity contribution in [2.75, 3.05) is 18.8 Å². The summed E-state index contributed by atoms with van der Waals surface area (Å²) in [6.45, 7) is 4.41. The van der Waals surface area contributed by atoms with Gasteiger partial charge in [-0.05, 0) is 17.5 Å². The summed E-state index contributed by atoms with van der Waals surface area (Å²) in [6.07, 6.45) is 0.973. The maximum atomic E-state index is 12.3. The minimum atomic E-state index is -3.13. The third kappa shape index (κ3) is 2.28. The van der Waals surface area contributed by atoms with Crippen LogP contribution in [0.5, 0.6) is 0 Å². The first-order valence-electron chi connectivity index (χ1n) is 7.17. The fraction of sp³-hybridized carbons (Fsp3) is 0.600. The number of rotatable bonds is 6. The van der Waals surface area contributed by atoms with Crippen molar-refractivity contribution in [1.29, 1.82) is 0 Å². The lowest BCUT2D eigenvalue weighted by Gasteiger charge is -2.12. The lowest BCUT2D eigenvalue weighted by Crippen LogP contribution is -2.31. The monoisotopic (exact) mass is 296 g/mol. The topological polar surface area (TPSA) is 86.2 Å². The van der Waals surface area contributed by atoms with Crippen molar-refractivity contribution < 1.29 is 8.42 Å². The van der Waals surface area contributed by atoms with E-state index in [1.54, 1.807) is 6.92 Å². The molecule has 0 aliphatic heterocycles. The molecule has 0 spiro atoms. The van der Waals surface area contributed by atoms with Gasteiger partial charge in [-0.2, -0.15) is 0 Å². The Hall–Kier alpha value is -0.910. The highest BCUT2D eigenvalue weighted by Gasteiger charge is 2.68. The average molecular weight is 296 g/mol. The van der Waals surface area contributed by atoms with E-state index in [9.17, 15) is 8.42 Å². The van der Waals surface area contributed by atoms with Crippen LogP contribution in [-0.4, -0.2) is 32.5 Å². The predicted octanol–water partition coefficient (Wildman–Crippen LogP) is 1.05. The van der Waals surface area contributed by atoms with Crippen molar-refractivity contribution in [3.63, 3.8) is 0 Å².